The van der Waals surface area contributed by atoms with Crippen LogP contribution < -0.4 is 5.32 Å². The first-order valence-corrected chi connectivity index (χ1v) is 7.89. The highest BCUT2D eigenvalue weighted by atomic mass is 35.5. The Morgan fingerprint density at radius 1 is 1.19 bits per heavy atom. The largest absolute Gasteiger partial charge is 0.310 e. The van der Waals surface area contributed by atoms with Crippen LogP contribution in [0.2, 0.25) is 5.02 Å². The first kappa shape index (κ1) is 18.4. The van der Waals surface area contributed by atoms with Gasteiger partial charge in [-0.05, 0) is 48.4 Å². The number of rotatable bonds is 6. The van der Waals surface area contributed by atoms with Crippen LogP contribution in [0.25, 0.3) is 0 Å². The fraction of sp³-hybridized carbons (Fsp3) is 0.647. The lowest BCUT2D eigenvalue weighted by Gasteiger charge is -2.28. The van der Waals surface area contributed by atoms with Crippen LogP contribution in [0.15, 0.2) is 12.1 Å². The fourth-order valence-electron chi connectivity index (χ4n) is 2.90. The minimum Gasteiger partial charge on any atom is -0.310 e. The van der Waals surface area contributed by atoms with Crippen LogP contribution in [0.4, 0.5) is 8.78 Å². The zero-order chi connectivity index (χ0) is 16.2. The second-order valence-electron chi connectivity index (χ2n) is 7.00. The van der Waals surface area contributed by atoms with Crippen molar-refractivity contribution in [2.24, 2.45) is 11.3 Å². The molecule has 0 aliphatic heterocycles. The molecule has 4 heteroatoms. The van der Waals surface area contributed by atoms with Crippen LogP contribution in [-0.2, 0) is 0 Å². The van der Waals surface area contributed by atoms with E-state index in [2.05, 4.69) is 33.0 Å². The zero-order valence-electron chi connectivity index (χ0n) is 13.6. The molecule has 0 saturated heterocycles. The molecule has 1 nitrogen and oxygen atoms in total. The van der Waals surface area contributed by atoms with Gasteiger partial charge in [-0.3, -0.25) is 0 Å². The average molecular weight is 318 g/mol. The van der Waals surface area contributed by atoms with Crippen LogP contribution in [0.5, 0.6) is 0 Å². The number of hydrogen-bond donors (Lipinski definition) is 1. The van der Waals surface area contributed by atoms with Crippen molar-refractivity contribution in [3.8, 4) is 0 Å². The summed E-state index contributed by atoms with van der Waals surface area (Å²) >= 11 is 6.10. The van der Waals surface area contributed by atoms with Gasteiger partial charge in [0.25, 0.3) is 0 Å². The lowest BCUT2D eigenvalue weighted by Crippen LogP contribution is -2.25. The van der Waals surface area contributed by atoms with E-state index in [1.165, 1.54) is 6.07 Å². The van der Waals surface area contributed by atoms with E-state index in [1.807, 2.05) is 6.92 Å². The van der Waals surface area contributed by atoms with Gasteiger partial charge in [-0.1, -0.05) is 46.2 Å². The van der Waals surface area contributed by atoms with E-state index in [-0.39, 0.29) is 16.5 Å². The van der Waals surface area contributed by atoms with Crippen molar-refractivity contribution in [2.45, 2.75) is 53.5 Å². The van der Waals surface area contributed by atoms with E-state index in [1.54, 1.807) is 0 Å². The number of nitrogens with one attached hydrogen (secondary N) is 1. The Kier molecular flexibility index (Phi) is 6.61. The summed E-state index contributed by atoms with van der Waals surface area (Å²) in [6, 6.07) is 2.22. The third kappa shape index (κ3) is 5.91. The van der Waals surface area contributed by atoms with Crippen LogP contribution in [0.3, 0.4) is 0 Å². The highest BCUT2D eigenvalue weighted by Gasteiger charge is 2.22. The molecule has 0 spiro atoms. The molecule has 120 valence electrons. The van der Waals surface area contributed by atoms with E-state index in [0.29, 0.717) is 11.5 Å². The molecule has 0 aromatic heterocycles. The molecular weight excluding hydrogens is 292 g/mol. The maximum Gasteiger partial charge on any atom is 0.160 e. The van der Waals surface area contributed by atoms with Gasteiger partial charge in [0.15, 0.2) is 11.6 Å². The van der Waals surface area contributed by atoms with Crippen LogP contribution in [-0.4, -0.2) is 6.54 Å². The molecule has 0 saturated carbocycles. The highest BCUT2D eigenvalue weighted by molar-refractivity contribution is 6.31. The van der Waals surface area contributed by atoms with Gasteiger partial charge in [0.2, 0.25) is 0 Å². The molecule has 0 bridgehead atoms. The van der Waals surface area contributed by atoms with Gasteiger partial charge in [0.05, 0.1) is 0 Å². The number of benzene rings is 1. The van der Waals surface area contributed by atoms with E-state index >= 15 is 0 Å². The monoisotopic (exact) mass is 317 g/mol. The molecule has 0 radical (unpaired) electrons. The first-order valence-electron chi connectivity index (χ1n) is 7.52. The SMILES string of the molecule is CCNC(CC(C)CC(C)(C)C)c1cc(F)c(F)cc1Cl. The third-order valence-corrected chi connectivity index (χ3v) is 3.79. The number of hydrogen-bond acceptors (Lipinski definition) is 1. The Hall–Kier alpha value is -0.670. The maximum absolute atomic E-state index is 13.5. The molecule has 21 heavy (non-hydrogen) atoms. The summed E-state index contributed by atoms with van der Waals surface area (Å²) in [4.78, 5) is 0. The van der Waals surface area contributed by atoms with Gasteiger partial charge in [-0.25, -0.2) is 8.78 Å². The molecule has 0 aliphatic rings. The van der Waals surface area contributed by atoms with Crippen molar-refractivity contribution in [1.82, 2.24) is 5.32 Å². The van der Waals surface area contributed by atoms with Gasteiger partial charge in [0, 0.05) is 11.1 Å². The summed E-state index contributed by atoms with van der Waals surface area (Å²) < 4.78 is 26.7. The van der Waals surface area contributed by atoms with Crippen molar-refractivity contribution in [3.63, 3.8) is 0 Å². The van der Waals surface area contributed by atoms with Gasteiger partial charge in [-0.15, -0.1) is 0 Å². The lowest BCUT2D eigenvalue weighted by atomic mass is 9.82. The minimum absolute atomic E-state index is 0.0602. The third-order valence-electron chi connectivity index (χ3n) is 3.46. The molecule has 0 fully saturated rings. The highest BCUT2D eigenvalue weighted by Crippen LogP contribution is 2.33. The molecular formula is C17H26ClF2N. The van der Waals surface area contributed by atoms with Gasteiger partial charge in [-0.2, -0.15) is 0 Å². The molecule has 1 aromatic carbocycles. The molecule has 0 amide bonds. The van der Waals surface area contributed by atoms with Crippen LogP contribution in [0, 0.1) is 23.0 Å². The minimum atomic E-state index is -0.901. The Morgan fingerprint density at radius 2 is 1.76 bits per heavy atom. The van der Waals surface area contributed by atoms with Gasteiger partial charge >= 0.3 is 0 Å². The molecule has 0 aliphatic carbocycles. The quantitative estimate of drug-likeness (QED) is 0.660. The normalized spacial score (nSPS) is 15.0. The lowest BCUT2D eigenvalue weighted by molar-refractivity contribution is 0.276. The standard InChI is InChI=1S/C17H26ClF2N/c1-6-21-16(7-11(2)10-17(3,4)5)12-8-14(19)15(20)9-13(12)18/h8-9,11,16,21H,6-7,10H2,1-5H3. The summed E-state index contributed by atoms with van der Waals surface area (Å²) in [5, 5.41) is 3.61. The van der Waals surface area contributed by atoms with Crippen LogP contribution >= 0.6 is 11.6 Å². The molecule has 1 N–H and O–H groups in total. The van der Waals surface area contributed by atoms with E-state index in [9.17, 15) is 8.78 Å². The van der Waals surface area contributed by atoms with E-state index < -0.39 is 11.6 Å². The van der Waals surface area contributed by atoms with E-state index in [4.69, 9.17) is 11.6 Å². The summed E-state index contributed by atoms with van der Waals surface area (Å²) in [5.74, 6) is -1.29. The Labute approximate surface area is 132 Å². The fourth-order valence-corrected chi connectivity index (χ4v) is 3.18. The molecule has 2 atom stereocenters. The molecule has 2 unspecified atom stereocenters. The summed E-state index contributed by atoms with van der Waals surface area (Å²) in [6.07, 6.45) is 1.91. The molecule has 0 heterocycles. The summed E-state index contributed by atoms with van der Waals surface area (Å²) in [6.45, 7) is 11.5. The van der Waals surface area contributed by atoms with Crippen molar-refractivity contribution >= 4 is 11.6 Å². The van der Waals surface area contributed by atoms with Crippen molar-refractivity contribution in [2.75, 3.05) is 6.54 Å². The Bertz CT molecular complexity index is 469. The predicted molar refractivity (Wildman–Crippen MR) is 85.6 cm³/mol. The average Bonchev–Trinajstić information content (AvgIpc) is 2.31. The number of halogens is 3. The zero-order valence-corrected chi connectivity index (χ0v) is 14.3. The first-order chi connectivity index (χ1) is 9.64. The summed E-state index contributed by atoms with van der Waals surface area (Å²) in [7, 11) is 0. The smallest absolute Gasteiger partial charge is 0.160 e. The Balaban J connectivity index is 2.94. The van der Waals surface area contributed by atoms with Gasteiger partial charge in [0.1, 0.15) is 0 Å². The molecule has 1 aromatic rings. The molecule has 1 rings (SSSR count). The van der Waals surface area contributed by atoms with Crippen molar-refractivity contribution in [1.29, 1.82) is 0 Å². The second kappa shape index (κ2) is 7.55. The van der Waals surface area contributed by atoms with Crippen molar-refractivity contribution in [3.05, 3.63) is 34.4 Å². The van der Waals surface area contributed by atoms with Crippen LogP contribution in [0.1, 0.15) is 59.1 Å². The van der Waals surface area contributed by atoms with Gasteiger partial charge < -0.3 is 5.32 Å². The summed E-state index contributed by atoms with van der Waals surface area (Å²) in [5.41, 5.74) is 0.881. The Morgan fingerprint density at radius 3 is 2.29 bits per heavy atom. The van der Waals surface area contributed by atoms with Crippen molar-refractivity contribution < 1.29 is 8.78 Å². The predicted octanol–water partition coefficient (Wildman–Crippen LogP) is 5.73. The topological polar surface area (TPSA) is 12.0 Å². The second-order valence-corrected chi connectivity index (χ2v) is 7.41. The maximum atomic E-state index is 13.5. The van der Waals surface area contributed by atoms with E-state index in [0.717, 1.165) is 25.5 Å².